The summed E-state index contributed by atoms with van der Waals surface area (Å²) in [5.74, 6) is 2.02. The van der Waals surface area contributed by atoms with Crippen LogP contribution >= 0.6 is 0 Å². The molecule has 3 nitrogen and oxygen atoms in total. The first kappa shape index (κ1) is 8.72. The summed E-state index contributed by atoms with van der Waals surface area (Å²) < 4.78 is 0. The molecule has 2 heterocycles. The highest BCUT2D eigenvalue weighted by Crippen LogP contribution is 2.38. The summed E-state index contributed by atoms with van der Waals surface area (Å²) in [4.78, 5) is 13.8. The smallest absolute Gasteiger partial charge is 0.222 e. The summed E-state index contributed by atoms with van der Waals surface area (Å²) >= 11 is 0. The predicted octanol–water partition coefficient (Wildman–Crippen LogP) is 0.607. The van der Waals surface area contributed by atoms with Crippen molar-refractivity contribution in [2.75, 3.05) is 19.6 Å². The van der Waals surface area contributed by atoms with Crippen LogP contribution in [-0.2, 0) is 4.79 Å². The normalized spacial score (nSPS) is 42.1. The number of rotatable bonds is 1. The highest BCUT2D eigenvalue weighted by Gasteiger charge is 2.43. The van der Waals surface area contributed by atoms with Gasteiger partial charge in [-0.05, 0) is 37.6 Å². The second kappa shape index (κ2) is 3.23. The van der Waals surface area contributed by atoms with E-state index in [9.17, 15) is 4.79 Å². The Bertz CT molecular complexity index is 254. The fourth-order valence-corrected chi connectivity index (χ4v) is 3.53. The molecule has 2 saturated heterocycles. The highest BCUT2D eigenvalue weighted by molar-refractivity contribution is 5.78. The lowest BCUT2D eigenvalue weighted by Crippen LogP contribution is -2.40. The van der Waals surface area contributed by atoms with Gasteiger partial charge >= 0.3 is 0 Å². The van der Waals surface area contributed by atoms with Crippen molar-refractivity contribution in [3.8, 4) is 0 Å². The topological polar surface area (TPSA) is 32.3 Å². The minimum absolute atomic E-state index is 0.405. The molecule has 3 fully saturated rings. The van der Waals surface area contributed by atoms with E-state index in [4.69, 9.17) is 0 Å². The van der Waals surface area contributed by atoms with Crippen molar-refractivity contribution in [3.63, 3.8) is 0 Å². The van der Waals surface area contributed by atoms with Crippen molar-refractivity contribution >= 4 is 5.91 Å². The maximum Gasteiger partial charge on any atom is 0.222 e. The molecule has 3 unspecified atom stereocenters. The number of nitrogens with one attached hydrogen (secondary N) is 1. The van der Waals surface area contributed by atoms with Crippen LogP contribution in [-0.4, -0.2) is 36.5 Å². The van der Waals surface area contributed by atoms with Gasteiger partial charge in [0.25, 0.3) is 0 Å². The minimum Gasteiger partial charge on any atom is -0.339 e. The molecule has 3 heteroatoms. The molecule has 14 heavy (non-hydrogen) atoms. The Hall–Kier alpha value is -0.570. The van der Waals surface area contributed by atoms with Gasteiger partial charge in [0.15, 0.2) is 0 Å². The van der Waals surface area contributed by atoms with E-state index >= 15 is 0 Å². The molecule has 1 N–H and O–H groups in total. The predicted molar refractivity (Wildman–Crippen MR) is 53.8 cm³/mol. The van der Waals surface area contributed by atoms with E-state index < -0.39 is 0 Å². The van der Waals surface area contributed by atoms with E-state index in [-0.39, 0.29) is 0 Å². The molecule has 0 aromatic rings. The SMILES string of the molecule is O=C1CCCN1C1CCC2CNCC21. The third-order valence-corrected chi connectivity index (χ3v) is 4.23. The van der Waals surface area contributed by atoms with Gasteiger partial charge in [-0.1, -0.05) is 0 Å². The standard InChI is InChI=1S/C11H18N2O/c14-11-2-1-5-13(11)10-4-3-8-6-12-7-9(8)10/h8-10,12H,1-7H2. The van der Waals surface area contributed by atoms with Gasteiger partial charge in [-0.3, -0.25) is 4.79 Å². The van der Waals surface area contributed by atoms with E-state index in [1.165, 1.54) is 19.4 Å². The molecule has 3 atom stereocenters. The number of amides is 1. The average Bonchev–Trinajstić information content (AvgIpc) is 2.78. The molecule has 1 amide bonds. The number of hydrogen-bond acceptors (Lipinski definition) is 2. The number of hydrogen-bond donors (Lipinski definition) is 1. The Morgan fingerprint density at radius 2 is 2.21 bits per heavy atom. The second-order valence-electron chi connectivity index (χ2n) is 4.92. The van der Waals surface area contributed by atoms with Gasteiger partial charge in [0.2, 0.25) is 5.91 Å². The van der Waals surface area contributed by atoms with Gasteiger partial charge in [-0.15, -0.1) is 0 Å². The van der Waals surface area contributed by atoms with Crippen LogP contribution in [0.15, 0.2) is 0 Å². The van der Waals surface area contributed by atoms with E-state index in [0.29, 0.717) is 11.9 Å². The monoisotopic (exact) mass is 194 g/mol. The van der Waals surface area contributed by atoms with Crippen LogP contribution in [0.3, 0.4) is 0 Å². The van der Waals surface area contributed by atoms with E-state index in [1.54, 1.807) is 0 Å². The summed E-state index contributed by atoms with van der Waals surface area (Å²) in [5.41, 5.74) is 0. The first-order chi connectivity index (χ1) is 6.86. The van der Waals surface area contributed by atoms with Gasteiger partial charge in [0, 0.05) is 25.6 Å². The van der Waals surface area contributed by atoms with Crippen LogP contribution in [0.1, 0.15) is 25.7 Å². The Kier molecular flexibility index (Phi) is 2.01. The van der Waals surface area contributed by atoms with E-state index in [1.807, 2.05) is 0 Å². The molecule has 78 valence electrons. The second-order valence-corrected chi connectivity index (χ2v) is 4.92. The molecule has 3 aliphatic rings. The van der Waals surface area contributed by atoms with Crippen LogP contribution in [0.4, 0.5) is 0 Å². The molecule has 3 rings (SSSR count). The maximum absolute atomic E-state index is 11.7. The zero-order chi connectivity index (χ0) is 9.54. The van der Waals surface area contributed by atoms with Crippen molar-refractivity contribution < 1.29 is 4.79 Å². The number of carbonyl (C=O) groups excluding carboxylic acids is 1. The lowest BCUT2D eigenvalue weighted by atomic mass is 9.97. The van der Waals surface area contributed by atoms with Crippen molar-refractivity contribution in [2.24, 2.45) is 11.8 Å². The van der Waals surface area contributed by atoms with Crippen LogP contribution in [0.5, 0.6) is 0 Å². The fourth-order valence-electron chi connectivity index (χ4n) is 3.53. The van der Waals surface area contributed by atoms with Crippen LogP contribution in [0.2, 0.25) is 0 Å². The Labute approximate surface area is 84.8 Å². The van der Waals surface area contributed by atoms with Crippen LogP contribution in [0, 0.1) is 11.8 Å². The highest BCUT2D eigenvalue weighted by atomic mass is 16.2. The molecule has 1 aliphatic carbocycles. The Balaban J connectivity index is 1.75. The maximum atomic E-state index is 11.7. The third kappa shape index (κ3) is 1.18. The summed E-state index contributed by atoms with van der Waals surface area (Å²) in [5, 5.41) is 3.45. The molecule has 1 saturated carbocycles. The summed E-state index contributed by atoms with van der Waals surface area (Å²) in [6.45, 7) is 3.34. The van der Waals surface area contributed by atoms with Crippen molar-refractivity contribution in [2.45, 2.75) is 31.7 Å². The Morgan fingerprint density at radius 1 is 1.29 bits per heavy atom. The molecule has 0 aromatic heterocycles. The van der Waals surface area contributed by atoms with Crippen LogP contribution < -0.4 is 5.32 Å². The van der Waals surface area contributed by atoms with E-state index in [0.717, 1.165) is 37.8 Å². The van der Waals surface area contributed by atoms with Gasteiger partial charge in [-0.2, -0.15) is 0 Å². The molecular weight excluding hydrogens is 176 g/mol. The molecular formula is C11H18N2O. The number of fused-ring (bicyclic) bond motifs is 1. The molecule has 0 bridgehead atoms. The van der Waals surface area contributed by atoms with E-state index in [2.05, 4.69) is 10.2 Å². The van der Waals surface area contributed by atoms with Gasteiger partial charge in [0.05, 0.1) is 0 Å². The molecule has 2 aliphatic heterocycles. The summed E-state index contributed by atoms with van der Waals surface area (Å²) in [7, 11) is 0. The van der Waals surface area contributed by atoms with Crippen molar-refractivity contribution in [1.82, 2.24) is 10.2 Å². The first-order valence-electron chi connectivity index (χ1n) is 5.86. The molecule has 0 aromatic carbocycles. The van der Waals surface area contributed by atoms with Crippen molar-refractivity contribution in [3.05, 3.63) is 0 Å². The largest absolute Gasteiger partial charge is 0.339 e. The summed E-state index contributed by atoms with van der Waals surface area (Å²) in [6, 6.07) is 0.574. The number of carbonyl (C=O) groups is 1. The molecule has 0 spiro atoms. The zero-order valence-electron chi connectivity index (χ0n) is 8.54. The van der Waals surface area contributed by atoms with Gasteiger partial charge in [0.1, 0.15) is 0 Å². The quantitative estimate of drug-likeness (QED) is 0.663. The first-order valence-corrected chi connectivity index (χ1v) is 5.86. The number of likely N-dealkylation sites (tertiary alicyclic amines) is 1. The fraction of sp³-hybridized carbons (Fsp3) is 0.909. The lowest BCUT2D eigenvalue weighted by molar-refractivity contribution is -0.130. The van der Waals surface area contributed by atoms with Gasteiger partial charge in [-0.25, -0.2) is 0 Å². The number of nitrogens with zero attached hydrogens (tertiary/aromatic N) is 1. The Morgan fingerprint density at radius 3 is 3.00 bits per heavy atom. The lowest BCUT2D eigenvalue weighted by Gasteiger charge is -2.28. The minimum atomic E-state index is 0.405. The average molecular weight is 194 g/mol. The van der Waals surface area contributed by atoms with Crippen LogP contribution in [0.25, 0.3) is 0 Å². The third-order valence-electron chi connectivity index (χ3n) is 4.23. The van der Waals surface area contributed by atoms with Crippen molar-refractivity contribution in [1.29, 1.82) is 0 Å². The summed E-state index contributed by atoms with van der Waals surface area (Å²) in [6.07, 6.45) is 4.45. The zero-order valence-corrected chi connectivity index (χ0v) is 8.54. The van der Waals surface area contributed by atoms with Gasteiger partial charge < -0.3 is 10.2 Å². The molecule has 0 radical (unpaired) electrons.